The maximum Gasteiger partial charge on any atom is 0.227 e. The smallest absolute Gasteiger partial charge is 0.227 e. The van der Waals surface area contributed by atoms with Crippen LogP contribution in [0.3, 0.4) is 0 Å². The molecule has 1 aliphatic rings. The number of oxazole rings is 1. The molecular weight excluding hydrogens is 574 g/mol. The van der Waals surface area contributed by atoms with Crippen LogP contribution in [0.15, 0.2) is 150 Å². The Bertz CT molecular complexity index is 2720. The first kappa shape index (κ1) is 26.1. The minimum atomic E-state index is 0.689. The topological polar surface area (TPSA) is 46.8 Å². The van der Waals surface area contributed by atoms with E-state index in [1.807, 2.05) is 6.07 Å². The van der Waals surface area contributed by atoms with Crippen LogP contribution in [0.5, 0.6) is 0 Å². The highest BCUT2D eigenvalue weighted by Gasteiger charge is 2.18. The fourth-order valence-electron chi connectivity index (χ4n) is 7.36. The SMILES string of the molecule is C1=CC(c2nc3cccc(-c4ccc(-c5ccc(-n6c7ccccc7c7ccc8c9ccccc9[nH]c8c76)cc5)cc4)c3o2)=CCC1. The van der Waals surface area contributed by atoms with Gasteiger partial charge < -0.3 is 14.0 Å². The van der Waals surface area contributed by atoms with Gasteiger partial charge in [0.2, 0.25) is 5.89 Å². The number of aromatic amines is 1. The van der Waals surface area contributed by atoms with Crippen LogP contribution in [-0.4, -0.2) is 14.5 Å². The first-order valence-electron chi connectivity index (χ1n) is 16.2. The molecule has 0 spiro atoms. The lowest BCUT2D eigenvalue weighted by atomic mass is 9.99. The van der Waals surface area contributed by atoms with Crippen LogP contribution in [0.25, 0.3) is 88.2 Å². The zero-order valence-corrected chi connectivity index (χ0v) is 25.6. The van der Waals surface area contributed by atoms with Crippen LogP contribution in [0.4, 0.5) is 0 Å². The van der Waals surface area contributed by atoms with Crippen LogP contribution in [0.1, 0.15) is 18.7 Å². The van der Waals surface area contributed by atoms with E-state index in [0.29, 0.717) is 5.89 Å². The van der Waals surface area contributed by atoms with Crippen LogP contribution >= 0.6 is 0 Å². The Morgan fingerprint density at radius 3 is 2.19 bits per heavy atom. The Morgan fingerprint density at radius 1 is 0.617 bits per heavy atom. The molecule has 0 amide bonds. The zero-order chi connectivity index (χ0) is 30.9. The van der Waals surface area contributed by atoms with Crippen molar-refractivity contribution in [3.8, 4) is 27.9 Å². The van der Waals surface area contributed by atoms with E-state index in [0.717, 1.165) is 51.8 Å². The molecule has 3 heterocycles. The van der Waals surface area contributed by atoms with Crippen molar-refractivity contribution in [2.24, 2.45) is 0 Å². The molecule has 4 heteroatoms. The van der Waals surface area contributed by atoms with Crippen molar-refractivity contribution in [1.29, 1.82) is 0 Å². The summed E-state index contributed by atoms with van der Waals surface area (Å²) in [6.45, 7) is 0. The minimum Gasteiger partial charge on any atom is -0.435 e. The molecule has 3 aromatic heterocycles. The Hall–Kier alpha value is -6.13. The maximum atomic E-state index is 6.33. The second kappa shape index (κ2) is 10.2. The number of fused-ring (bicyclic) bond motifs is 8. The normalized spacial score (nSPS) is 13.4. The highest BCUT2D eigenvalue weighted by atomic mass is 16.3. The molecule has 1 N–H and O–H groups in total. The van der Waals surface area contributed by atoms with Crippen molar-refractivity contribution in [2.45, 2.75) is 12.8 Å². The van der Waals surface area contributed by atoms with E-state index >= 15 is 0 Å². The second-order valence-electron chi connectivity index (χ2n) is 12.3. The third-order valence-electron chi connectivity index (χ3n) is 9.63. The van der Waals surface area contributed by atoms with Crippen LogP contribution in [-0.2, 0) is 0 Å². The minimum absolute atomic E-state index is 0.689. The van der Waals surface area contributed by atoms with E-state index in [1.54, 1.807) is 0 Å². The summed E-state index contributed by atoms with van der Waals surface area (Å²) in [7, 11) is 0. The summed E-state index contributed by atoms with van der Waals surface area (Å²) in [5, 5.41) is 5.00. The summed E-state index contributed by atoms with van der Waals surface area (Å²) >= 11 is 0. The molecule has 4 nitrogen and oxygen atoms in total. The van der Waals surface area contributed by atoms with E-state index < -0.39 is 0 Å². The van der Waals surface area contributed by atoms with Gasteiger partial charge in [0, 0.05) is 43.9 Å². The van der Waals surface area contributed by atoms with Gasteiger partial charge in [-0.05, 0) is 59.9 Å². The molecule has 0 saturated carbocycles. The molecular formula is C43H29N3O. The molecule has 1 aliphatic carbocycles. The van der Waals surface area contributed by atoms with Gasteiger partial charge in [-0.1, -0.05) is 115 Å². The Balaban J connectivity index is 1.04. The van der Waals surface area contributed by atoms with E-state index in [4.69, 9.17) is 9.40 Å². The fourth-order valence-corrected chi connectivity index (χ4v) is 7.36. The second-order valence-corrected chi connectivity index (χ2v) is 12.3. The third-order valence-corrected chi connectivity index (χ3v) is 9.63. The third kappa shape index (κ3) is 4.05. The number of para-hydroxylation sites is 3. The molecule has 0 radical (unpaired) electrons. The van der Waals surface area contributed by atoms with Crippen LogP contribution in [0.2, 0.25) is 0 Å². The molecule has 47 heavy (non-hydrogen) atoms. The molecule has 10 rings (SSSR count). The number of hydrogen-bond donors (Lipinski definition) is 1. The number of nitrogens with zero attached hydrogens (tertiary/aromatic N) is 2. The molecule has 0 unspecified atom stereocenters. The van der Waals surface area contributed by atoms with Crippen molar-refractivity contribution < 1.29 is 4.42 Å². The van der Waals surface area contributed by atoms with Gasteiger partial charge >= 0.3 is 0 Å². The number of aromatic nitrogens is 3. The van der Waals surface area contributed by atoms with E-state index in [1.165, 1.54) is 49.2 Å². The molecule has 222 valence electrons. The Labute approximate surface area is 270 Å². The largest absolute Gasteiger partial charge is 0.435 e. The lowest BCUT2D eigenvalue weighted by Crippen LogP contribution is -1.94. The molecule has 0 saturated heterocycles. The van der Waals surface area contributed by atoms with Gasteiger partial charge in [-0.25, -0.2) is 4.98 Å². The molecule has 0 fully saturated rings. The van der Waals surface area contributed by atoms with Gasteiger partial charge in [0.05, 0.1) is 16.6 Å². The van der Waals surface area contributed by atoms with Crippen LogP contribution in [0, 0.1) is 0 Å². The Morgan fingerprint density at radius 2 is 1.36 bits per heavy atom. The lowest BCUT2D eigenvalue weighted by Gasteiger charge is -2.10. The van der Waals surface area contributed by atoms with Gasteiger partial charge in [-0.3, -0.25) is 0 Å². The summed E-state index contributed by atoms with van der Waals surface area (Å²) in [5.74, 6) is 0.689. The summed E-state index contributed by atoms with van der Waals surface area (Å²) in [5.41, 5.74) is 13.1. The fraction of sp³-hybridized carbons (Fsp3) is 0.0465. The predicted molar refractivity (Wildman–Crippen MR) is 195 cm³/mol. The van der Waals surface area contributed by atoms with Gasteiger partial charge in [0.25, 0.3) is 0 Å². The molecule has 9 aromatic rings. The number of benzene rings is 6. The number of nitrogens with one attached hydrogen (secondary N) is 1. The molecule has 6 aromatic carbocycles. The van der Waals surface area contributed by atoms with Crippen LogP contribution < -0.4 is 0 Å². The van der Waals surface area contributed by atoms with E-state index in [-0.39, 0.29) is 0 Å². The van der Waals surface area contributed by atoms with Gasteiger partial charge in [0.1, 0.15) is 5.52 Å². The summed E-state index contributed by atoms with van der Waals surface area (Å²) in [6.07, 6.45) is 8.58. The van der Waals surface area contributed by atoms with E-state index in [2.05, 4.69) is 149 Å². The average Bonchev–Trinajstić information content (AvgIpc) is 3.84. The standard InChI is InChI=1S/C43H29N3O/c1-2-9-30(10-3-1)43-45-38-15-8-13-32(42(38)47-43)29-19-17-27(18-20-29)28-21-23-31(24-22-28)46-39-16-7-5-12-34(39)36-26-25-35-33-11-4-6-14-37(33)44-40(35)41(36)46/h2,4-26,44H,1,3H2. The summed E-state index contributed by atoms with van der Waals surface area (Å²) in [4.78, 5) is 8.53. The first-order chi connectivity index (χ1) is 23.3. The highest BCUT2D eigenvalue weighted by Crippen LogP contribution is 2.39. The van der Waals surface area contributed by atoms with Crippen molar-refractivity contribution in [1.82, 2.24) is 14.5 Å². The molecule has 0 atom stereocenters. The maximum absolute atomic E-state index is 6.33. The van der Waals surface area contributed by atoms with Crippen molar-refractivity contribution in [2.75, 3.05) is 0 Å². The lowest BCUT2D eigenvalue weighted by molar-refractivity contribution is 0.586. The number of allylic oxidation sites excluding steroid dienone is 4. The van der Waals surface area contributed by atoms with Gasteiger partial charge in [-0.15, -0.1) is 0 Å². The van der Waals surface area contributed by atoms with Gasteiger partial charge in [0.15, 0.2) is 5.58 Å². The molecule has 0 aliphatic heterocycles. The summed E-state index contributed by atoms with van der Waals surface area (Å²) < 4.78 is 8.73. The quantitative estimate of drug-likeness (QED) is 0.217. The number of H-pyrrole nitrogens is 1. The zero-order valence-electron chi connectivity index (χ0n) is 25.6. The van der Waals surface area contributed by atoms with Gasteiger partial charge in [-0.2, -0.15) is 0 Å². The number of rotatable bonds is 4. The van der Waals surface area contributed by atoms with E-state index in [9.17, 15) is 0 Å². The van der Waals surface area contributed by atoms with Crippen molar-refractivity contribution >= 4 is 60.3 Å². The monoisotopic (exact) mass is 603 g/mol. The average molecular weight is 604 g/mol. The first-order valence-corrected chi connectivity index (χ1v) is 16.2. The van der Waals surface area contributed by atoms with Crippen molar-refractivity contribution in [3.63, 3.8) is 0 Å². The van der Waals surface area contributed by atoms with Crippen molar-refractivity contribution in [3.05, 3.63) is 152 Å². The number of hydrogen-bond acceptors (Lipinski definition) is 2. The Kier molecular flexibility index (Phi) is 5.67. The predicted octanol–water partition coefficient (Wildman–Crippen LogP) is 11.6. The molecule has 0 bridgehead atoms. The summed E-state index contributed by atoms with van der Waals surface area (Å²) in [6, 6.07) is 45.7. The highest BCUT2D eigenvalue weighted by molar-refractivity contribution is 6.22.